The van der Waals surface area contributed by atoms with E-state index >= 15 is 0 Å². The van der Waals surface area contributed by atoms with Crippen LogP contribution >= 0.6 is 27.3 Å². The molecule has 0 N–H and O–H groups in total. The number of hydrogen-bond acceptors (Lipinski definition) is 3. The molecule has 2 aromatic heterocycles. The van der Waals surface area contributed by atoms with Crippen molar-refractivity contribution in [2.75, 3.05) is 0 Å². The summed E-state index contributed by atoms with van der Waals surface area (Å²) in [5.41, 5.74) is 1.18. The molecule has 3 rings (SSSR count). The SMILES string of the molecule is Cc1nnc(C(C)(C)c2ccc(Br)s2)n1CCc1ccccc1. The number of nitrogens with zero attached hydrogens (tertiary/aromatic N) is 3. The van der Waals surface area contributed by atoms with Crippen LogP contribution in [0, 0.1) is 6.92 Å². The summed E-state index contributed by atoms with van der Waals surface area (Å²) >= 11 is 5.32. The molecular formula is C18H20BrN3S. The summed E-state index contributed by atoms with van der Waals surface area (Å²) in [6.45, 7) is 7.36. The second kappa shape index (κ2) is 6.57. The highest BCUT2D eigenvalue weighted by Crippen LogP contribution is 2.37. The van der Waals surface area contributed by atoms with Crippen LogP contribution in [-0.4, -0.2) is 14.8 Å². The zero-order chi connectivity index (χ0) is 16.4. The zero-order valence-corrected chi connectivity index (χ0v) is 16.0. The third-order valence-corrected chi connectivity index (χ3v) is 6.10. The molecule has 0 bridgehead atoms. The highest BCUT2D eigenvalue weighted by molar-refractivity contribution is 9.11. The van der Waals surface area contributed by atoms with Gasteiger partial charge in [-0.25, -0.2) is 0 Å². The molecule has 0 amide bonds. The van der Waals surface area contributed by atoms with E-state index in [1.54, 1.807) is 11.3 Å². The van der Waals surface area contributed by atoms with Crippen molar-refractivity contribution in [3.63, 3.8) is 0 Å². The van der Waals surface area contributed by atoms with Crippen LogP contribution in [0.2, 0.25) is 0 Å². The summed E-state index contributed by atoms with van der Waals surface area (Å²) in [5, 5.41) is 8.82. The standard InChI is InChI=1S/C18H20BrN3S/c1-13-20-21-17(18(2,3)15-9-10-16(19)23-15)22(13)12-11-14-7-5-4-6-8-14/h4-10H,11-12H2,1-3H3. The molecule has 0 fully saturated rings. The van der Waals surface area contributed by atoms with Gasteiger partial charge in [0, 0.05) is 11.4 Å². The van der Waals surface area contributed by atoms with Gasteiger partial charge in [0.05, 0.1) is 9.20 Å². The molecule has 0 aliphatic rings. The van der Waals surface area contributed by atoms with Gasteiger partial charge in [0.15, 0.2) is 0 Å². The van der Waals surface area contributed by atoms with Crippen LogP contribution < -0.4 is 0 Å². The Morgan fingerprint density at radius 2 is 1.83 bits per heavy atom. The van der Waals surface area contributed by atoms with Gasteiger partial charge in [-0.15, -0.1) is 21.5 Å². The third-order valence-electron chi connectivity index (χ3n) is 4.15. The minimum atomic E-state index is -0.158. The first-order valence-corrected chi connectivity index (χ1v) is 9.29. The van der Waals surface area contributed by atoms with Crippen molar-refractivity contribution >= 4 is 27.3 Å². The normalized spacial score (nSPS) is 11.8. The summed E-state index contributed by atoms with van der Waals surface area (Å²) in [6.07, 6.45) is 0.983. The lowest BCUT2D eigenvalue weighted by atomic mass is 9.90. The monoisotopic (exact) mass is 389 g/mol. The number of benzene rings is 1. The molecule has 5 heteroatoms. The predicted octanol–water partition coefficient (Wildman–Crippen LogP) is 4.98. The van der Waals surface area contributed by atoms with Crippen molar-refractivity contribution in [3.05, 3.63) is 68.3 Å². The minimum absolute atomic E-state index is 0.158. The van der Waals surface area contributed by atoms with E-state index in [0.717, 1.165) is 28.4 Å². The first-order chi connectivity index (χ1) is 11.0. The average Bonchev–Trinajstić information content (AvgIpc) is 3.13. The smallest absolute Gasteiger partial charge is 0.143 e. The first-order valence-electron chi connectivity index (χ1n) is 7.68. The Morgan fingerprint density at radius 1 is 1.09 bits per heavy atom. The van der Waals surface area contributed by atoms with Gasteiger partial charge < -0.3 is 4.57 Å². The van der Waals surface area contributed by atoms with Gasteiger partial charge in [0.25, 0.3) is 0 Å². The maximum Gasteiger partial charge on any atom is 0.143 e. The van der Waals surface area contributed by atoms with Crippen LogP contribution in [0.4, 0.5) is 0 Å². The molecule has 0 aliphatic heterocycles. The molecule has 3 aromatic rings. The van der Waals surface area contributed by atoms with Gasteiger partial charge in [0.1, 0.15) is 11.6 Å². The Kier molecular flexibility index (Phi) is 4.69. The van der Waals surface area contributed by atoms with Crippen molar-refractivity contribution in [2.24, 2.45) is 0 Å². The number of halogens is 1. The molecule has 3 nitrogen and oxygen atoms in total. The average molecular weight is 390 g/mol. The molecule has 23 heavy (non-hydrogen) atoms. The van der Waals surface area contributed by atoms with Gasteiger partial charge in [-0.05, 0) is 60.8 Å². The molecule has 0 radical (unpaired) electrons. The molecule has 0 unspecified atom stereocenters. The van der Waals surface area contributed by atoms with Crippen LogP contribution in [0.25, 0.3) is 0 Å². The first kappa shape index (κ1) is 16.4. The largest absolute Gasteiger partial charge is 0.314 e. The van der Waals surface area contributed by atoms with E-state index in [4.69, 9.17) is 0 Å². The quantitative estimate of drug-likeness (QED) is 0.615. The number of hydrogen-bond donors (Lipinski definition) is 0. The lowest BCUT2D eigenvalue weighted by molar-refractivity contribution is 0.531. The Morgan fingerprint density at radius 3 is 2.48 bits per heavy atom. The van der Waals surface area contributed by atoms with E-state index in [2.05, 4.69) is 87.0 Å². The molecule has 1 aromatic carbocycles. The second-order valence-electron chi connectivity index (χ2n) is 6.19. The van der Waals surface area contributed by atoms with Gasteiger partial charge in [0.2, 0.25) is 0 Å². The molecule has 0 aliphatic carbocycles. The van der Waals surface area contributed by atoms with Crippen LogP contribution in [0.3, 0.4) is 0 Å². The fourth-order valence-electron chi connectivity index (χ4n) is 2.76. The lowest BCUT2D eigenvalue weighted by Gasteiger charge is -2.23. The lowest BCUT2D eigenvalue weighted by Crippen LogP contribution is -2.24. The van der Waals surface area contributed by atoms with Gasteiger partial charge in [-0.1, -0.05) is 30.3 Å². The summed E-state index contributed by atoms with van der Waals surface area (Å²) in [7, 11) is 0. The van der Waals surface area contributed by atoms with Crippen LogP contribution in [0.15, 0.2) is 46.3 Å². The summed E-state index contributed by atoms with van der Waals surface area (Å²) in [4.78, 5) is 1.29. The van der Waals surface area contributed by atoms with Crippen LogP contribution in [0.1, 0.15) is 35.9 Å². The van der Waals surface area contributed by atoms with Gasteiger partial charge >= 0.3 is 0 Å². The van der Waals surface area contributed by atoms with Crippen molar-refractivity contribution in [1.29, 1.82) is 0 Å². The molecule has 0 saturated heterocycles. The Labute approximate surface area is 149 Å². The number of aromatic nitrogens is 3. The predicted molar refractivity (Wildman–Crippen MR) is 99.1 cm³/mol. The Bertz CT molecular complexity index is 790. The van der Waals surface area contributed by atoms with Crippen molar-refractivity contribution < 1.29 is 0 Å². The summed E-state index contributed by atoms with van der Waals surface area (Å²) in [6, 6.07) is 14.8. The van der Waals surface area contributed by atoms with E-state index in [0.29, 0.717) is 0 Å². The van der Waals surface area contributed by atoms with Crippen molar-refractivity contribution in [1.82, 2.24) is 14.8 Å². The van der Waals surface area contributed by atoms with Crippen LogP contribution in [0.5, 0.6) is 0 Å². The van der Waals surface area contributed by atoms with E-state index < -0.39 is 0 Å². The maximum atomic E-state index is 4.49. The van der Waals surface area contributed by atoms with E-state index in [1.807, 2.05) is 6.92 Å². The van der Waals surface area contributed by atoms with Gasteiger partial charge in [-0.3, -0.25) is 0 Å². The van der Waals surface area contributed by atoms with Gasteiger partial charge in [-0.2, -0.15) is 0 Å². The Hall–Kier alpha value is -1.46. The number of rotatable bonds is 5. The fourth-order valence-corrected chi connectivity index (χ4v) is 4.24. The van der Waals surface area contributed by atoms with E-state index in [-0.39, 0.29) is 5.41 Å². The minimum Gasteiger partial charge on any atom is -0.314 e. The zero-order valence-electron chi connectivity index (χ0n) is 13.6. The second-order valence-corrected chi connectivity index (χ2v) is 8.65. The van der Waals surface area contributed by atoms with Crippen molar-refractivity contribution in [3.8, 4) is 0 Å². The maximum absolute atomic E-state index is 4.49. The molecular weight excluding hydrogens is 370 g/mol. The molecule has 2 heterocycles. The molecule has 0 atom stereocenters. The number of aryl methyl sites for hydroxylation is 2. The molecule has 0 saturated carbocycles. The highest BCUT2D eigenvalue weighted by atomic mass is 79.9. The fraction of sp³-hybridized carbons (Fsp3) is 0.333. The van der Waals surface area contributed by atoms with E-state index in [9.17, 15) is 0 Å². The molecule has 120 valence electrons. The van der Waals surface area contributed by atoms with Crippen LogP contribution in [-0.2, 0) is 18.4 Å². The Balaban J connectivity index is 1.89. The topological polar surface area (TPSA) is 30.7 Å². The van der Waals surface area contributed by atoms with E-state index in [1.165, 1.54) is 10.4 Å². The summed E-state index contributed by atoms with van der Waals surface area (Å²) < 4.78 is 3.40. The third kappa shape index (κ3) is 3.40. The molecule has 0 spiro atoms. The van der Waals surface area contributed by atoms with Crippen molar-refractivity contribution in [2.45, 2.75) is 39.2 Å². The number of thiophene rings is 1. The highest BCUT2D eigenvalue weighted by Gasteiger charge is 2.31. The summed E-state index contributed by atoms with van der Waals surface area (Å²) in [5.74, 6) is 2.00.